The number of hydrogen-bond acceptors (Lipinski definition) is 2. The molecule has 5 aromatic carbocycles. The van der Waals surface area contributed by atoms with Crippen LogP contribution >= 0.6 is 0 Å². The number of hydrogen-bond donors (Lipinski definition) is 0. The van der Waals surface area contributed by atoms with E-state index in [0.717, 1.165) is 22.3 Å². The molecule has 0 aromatic heterocycles. The lowest BCUT2D eigenvalue weighted by Crippen LogP contribution is -1.99. The standard InChI is InChI=1S/C34H28O2/c1-35-31-23-22-28(24-32(31)36-2)29-20-12-13-21-30(29)34(27-18-10-5-11-19-27)33(25-14-6-3-7-15-25)26-16-8-4-9-17-26/h3-24H,1-2H3. The minimum Gasteiger partial charge on any atom is -0.493 e. The molecule has 176 valence electrons. The molecule has 0 bridgehead atoms. The maximum Gasteiger partial charge on any atom is 0.161 e. The Balaban J connectivity index is 1.86. The minimum absolute atomic E-state index is 0.710. The molecular formula is C34H28O2. The maximum absolute atomic E-state index is 5.63. The molecule has 0 aliphatic carbocycles. The lowest BCUT2D eigenvalue weighted by atomic mass is 9.83. The van der Waals surface area contributed by atoms with Crippen LogP contribution < -0.4 is 9.47 Å². The summed E-state index contributed by atoms with van der Waals surface area (Å²) in [6.07, 6.45) is 0. The first-order chi connectivity index (χ1) is 17.8. The summed E-state index contributed by atoms with van der Waals surface area (Å²) in [5, 5.41) is 0. The minimum atomic E-state index is 0.710. The molecule has 0 aliphatic heterocycles. The molecule has 0 spiro atoms. The van der Waals surface area contributed by atoms with Crippen molar-refractivity contribution in [2.75, 3.05) is 14.2 Å². The van der Waals surface area contributed by atoms with E-state index in [1.807, 2.05) is 12.1 Å². The smallest absolute Gasteiger partial charge is 0.161 e. The SMILES string of the molecule is COc1ccc(-c2ccccc2C(=C(c2ccccc2)c2ccccc2)c2ccccc2)cc1OC. The Kier molecular flexibility index (Phi) is 6.95. The van der Waals surface area contributed by atoms with E-state index in [0.29, 0.717) is 11.5 Å². The lowest BCUT2D eigenvalue weighted by molar-refractivity contribution is 0.355. The second-order valence-electron chi connectivity index (χ2n) is 8.46. The Hall–Kier alpha value is -4.56. The summed E-state index contributed by atoms with van der Waals surface area (Å²) in [5.41, 5.74) is 9.22. The van der Waals surface area contributed by atoms with Gasteiger partial charge >= 0.3 is 0 Å². The van der Waals surface area contributed by atoms with Gasteiger partial charge in [0.1, 0.15) is 0 Å². The van der Waals surface area contributed by atoms with E-state index >= 15 is 0 Å². The summed E-state index contributed by atoms with van der Waals surface area (Å²) in [7, 11) is 3.33. The Labute approximate surface area is 213 Å². The molecule has 2 heteroatoms. The molecule has 0 radical (unpaired) electrons. The fraction of sp³-hybridized carbons (Fsp3) is 0.0588. The fourth-order valence-corrected chi connectivity index (χ4v) is 4.66. The zero-order valence-corrected chi connectivity index (χ0v) is 20.5. The van der Waals surface area contributed by atoms with Crippen LogP contribution in [0.15, 0.2) is 133 Å². The van der Waals surface area contributed by atoms with Crippen LogP contribution in [-0.4, -0.2) is 14.2 Å². The second kappa shape index (κ2) is 10.8. The lowest BCUT2D eigenvalue weighted by Gasteiger charge is -2.21. The van der Waals surface area contributed by atoms with Crippen LogP contribution in [0.3, 0.4) is 0 Å². The molecule has 0 atom stereocenters. The van der Waals surface area contributed by atoms with E-state index in [1.54, 1.807) is 14.2 Å². The molecule has 0 heterocycles. The van der Waals surface area contributed by atoms with Crippen molar-refractivity contribution >= 4 is 11.1 Å². The van der Waals surface area contributed by atoms with Crippen molar-refractivity contribution in [1.29, 1.82) is 0 Å². The quantitative estimate of drug-likeness (QED) is 0.223. The largest absolute Gasteiger partial charge is 0.493 e. The second-order valence-corrected chi connectivity index (χ2v) is 8.46. The van der Waals surface area contributed by atoms with E-state index in [9.17, 15) is 0 Å². The summed E-state index contributed by atoms with van der Waals surface area (Å²) in [6, 6.07) is 46.6. The van der Waals surface area contributed by atoms with Crippen LogP contribution in [0.5, 0.6) is 11.5 Å². The molecule has 5 rings (SSSR count). The van der Waals surface area contributed by atoms with Crippen molar-refractivity contribution in [3.05, 3.63) is 156 Å². The molecule has 0 fully saturated rings. The van der Waals surface area contributed by atoms with Gasteiger partial charge in [-0.1, -0.05) is 121 Å². The maximum atomic E-state index is 5.63. The van der Waals surface area contributed by atoms with Gasteiger partial charge in [-0.25, -0.2) is 0 Å². The highest BCUT2D eigenvalue weighted by molar-refractivity contribution is 6.07. The molecule has 0 saturated heterocycles. The highest BCUT2D eigenvalue weighted by atomic mass is 16.5. The van der Waals surface area contributed by atoms with E-state index in [2.05, 4.69) is 121 Å². The Morgan fingerprint density at radius 3 is 1.44 bits per heavy atom. The van der Waals surface area contributed by atoms with Crippen molar-refractivity contribution in [3.63, 3.8) is 0 Å². The molecule has 2 nitrogen and oxygen atoms in total. The van der Waals surface area contributed by atoms with Crippen molar-refractivity contribution in [2.24, 2.45) is 0 Å². The van der Waals surface area contributed by atoms with Crippen molar-refractivity contribution in [1.82, 2.24) is 0 Å². The third kappa shape index (κ3) is 4.67. The highest BCUT2D eigenvalue weighted by Gasteiger charge is 2.19. The van der Waals surface area contributed by atoms with E-state index in [4.69, 9.17) is 9.47 Å². The first-order valence-electron chi connectivity index (χ1n) is 12.0. The summed E-state index contributed by atoms with van der Waals surface area (Å²) >= 11 is 0. The number of rotatable bonds is 7. The van der Waals surface area contributed by atoms with Gasteiger partial charge in [-0.15, -0.1) is 0 Å². The normalized spacial score (nSPS) is 10.5. The fourth-order valence-electron chi connectivity index (χ4n) is 4.66. The summed E-state index contributed by atoms with van der Waals surface area (Å²) < 4.78 is 11.1. The van der Waals surface area contributed by atoms with E-state index in [-0.39, 0.29) is 0 Å². The topological polar surface area (TPSA) is 18.5 Å². The van der Waals surface area contributed by atoms with Crippen LogP contribution in [0.1, 0.15) is 22.3 Å². The average Bonchev–Trinajstić information content (AvgIpc) is 2.97. The first kappa shape index (κ1) is 23.2. The summed E-state index contributed by atoms with van der Waals surface area (Å²) in [6.45, 7) is 0. The third-order valence-electron chi connectivity index (χ3n) is 6.33. The van der Waals surface area contributed by atoms with Gasteiger partial charge in [0.15, 0.2) is 11.5 Å². The number of benzene rings is 5. The van der Waals surface area contributed by atoms with Gasteiger partial charge in [0.25, 0.3) is 0 Å². The van der Waals surface area contributed by atoms with Crippen molar-refractivity contribution in [2.45, 2.75) is 0 Å². The molecular weight excluding hydrogens is 440 g/mol. The Morgan fingerprint density at radius 1 is 0.444 bits per heavy atom. The monoisotopic (exact) mass is 468 g/mol. The van der Waals surface area contributed by atoms with Crippen LogP contribution in [0, 0.1) is 0 Å². The molecule has 5 aromatic rings. The van der Waals surface area contributed by atoms with Crippen molar-refractivity contribution < 1.29 is 9.47 Å². The predicted molar refractivity (Wildman–Crippen MR) is 149 cm³/mol. The zero-order valence-electron chi connectivity index (χ0n) is 20.5. The van der Waals surface area contributed by atoms with Gasteiger partial charge in [-0.3, -0.25) is 0 Å². The summed E-state index contributed by atoms with van der Waals surface area (Å²) in [4.78, 5) is 0. The number of methoxy groups -OCH3 is 2. The van der Waals surface area contributed by atoms with Crippen LogP contribution in [0.4, 0.5) is 0 Å². The van der Waals surface area contributed by atoms with Gasteiger partial charge in [0.2, 0.25) is 0 Å². The van der Waals surface area contributed by atoms with Gasteiger partial charge in [-0.2, -0.15) is 0 Å². The molecule has 36 heavy (non-hydrogen) atoms. The third-order valence-corrected chi connectivity index (χ3v) is 6.33. The van der Waals surface area contributed by atoms with E-state index in [1.165, 1.54) is 22.3 Å². The van der Waals surface area contributed by atoms with Crippen LogP contribution in [0.25, 0.3) is 22.3 Å². The zero-order chi connectivity index (χ0) is 24.7. The van der Waals surface area contributed by atoms with Crippen LogP contribution in [0.2, 0.25) is 0 Å². The molecule has 0 N–H and O–H groups in total. The van der Waals surface area contributed by atoms with Crippen molar-refractivity contribution in [3.8, 4) is 22.6 Å². The highest BCUT2D eigenvalue weighted by Crippen LogP contribution is 2.42. The van der Waals surface area contributed by atoms with Gasteiger partial charge in [0.05, 0.1) is 14.2 Å². The number of ether oxygens (including phenoxy) is 2. The molecule has 0 unspecified atom stereocenters. The first-order valence-corrected chi connectivity index (χ1v) is 12.0. The summed E-state index contributed by atoms with van der Waals surface area (Å²) in [5.74, 6) is 1.42. The average molecular weight is 469 g/mol. The predicted octanol–water partition coefficient (Wildman–Crippen LogP) is 8.38. The molecule has 0 amide bonds. The molecule has 0 aliphatic rings. The van der Waals surface area contributed by atoms with Gasteiger partial charge < -0.3 is 9.47 Å². The Bertz CT molecular complexity index is 1430. The van der Waals surface area contributed by atoms with Gasteiger partial charge in [-0.05, 0) is 56.7 Å². The van der Waals surface area contributed by atoms with Gasteiger partial charge in [0, 0.05) is 0 Å². The van der Waals surface area contributed by atoms with E-state index < -0.39 is 0 Å². The van der Waals surface area contributed by atoms with Crippen LogP contribution in [-0.2, 0) is 0 Å². The molecule has 0 saturated carbocycles. The Morgan fingerprint density at radius 2 is 0.917 bits per heavy atom.